The molecule has 108 valence electrons. The Morgan fingerprint density at radius 3 is 3.05 bits per heavy atom. The molecule has 6 heteroatoms. The first kappa shape index (κ1) is 14.7. The largest absolute Gasteiger partial charge is 0.469 e. The fourth-order valence-electron chi connectivity index (χ4n) is 1.82. The second kappa shape index (κ2) is 7.21. The summed E-state index contributed by atoms with van der Waals surface area (Å²) < 4.78 is 10.1. The molecule has 0 radical (unpaired) electrons. The van der Waals surface area contributed by atoms with Gasteiger partial charge in [0.25, 0.3) is 0 Å². The van der Waals surface area contributed by atoms with E-state index in [2.05, 4.69) is 21.5 Å². The van der Waals surface area contributed by atoms with Crippen LogP contribution < -0.4 is 0 Å². The number of esters is 1. The molecule has 0 spiro atoms. The van der Waals surface area contributed by atoms with Crippen LogP contribution in [0.3, 0.4) is 0 Å². The fourth-order valence-corrected chi connectivity index (χ4v) is 2.48. The third-order valence-electron chi connectivity index (χ3n) is 2.98. The average molecular weight is 294 g/mol. The van der Waals surface area contributed by atoms with Crippen molar-refractivity contribution in [1.82, 2.24) is 9.88 Å². The highest BCUT2D eigenvalue weighted by Crippen LogP contribution is 2.23. The summed E-state index contributed by atoms with van der Waals surface area (Å²) in [7, 11) is 1.41. The number of aromatic nitrogens is 1. The van der Waals surface area contributed by atoms with Crippen LogP contribution in [0.25, 0.3) is 10.8 Å². The maximum absolute atomic E-state index is 11.2. The van der Waals surface area contributed by atoms with Gasteiger partial charge in [0.2, 0.25) is 5.89 Å². The number of carbonyl (C=O) groups is 1. The summed E-state index contributed by atoms with van der Waals surface area (Å²) in [6, 6.07) is 3.95. The van der Waals surface area contributed by atoms with E-state index in [1.165, 1.54) is 7.11 Å². The van der Waals surface area contributed by atoms with Gasteiger partial charge in [0.1, 0.15) is 6.26 Å². The SMILES string of the molecule is CCN(CCC(=O)OC)Cc1coc(-c2cccs2)n1. The van der Waals surface area contributed by atoms with Crippen molar-refractivity contribution in [2.75, 3.05) is 20.2 Å². The summed E-state index contributed by atoms with van der Waals surface area (Å²) >= 11 is 1.60. The lowest BCUT2D eigenvalue weighted by atomic mass is 10.3. The Balaban J connectivity index is 1.92. The third kappa shape index (κ3) is 3.91. The molecule has 2 aromatic heterocycles. The van der Waals surface area contributed by atoms with Gasteiger partial charge in [-0.3, -0.25) is 9.69 Å². The zero-order valence-corrected chi connectivity index (χ0v) is 12.5. The fraction of sp³-hybridized carbons (Fsp3) is 0.429. The highest BCUT2D eigenvalue weighted by molar-refractivity contribution is 7.13. The van der Waals surface area contributed by atoms with Crippen LogP contribution in [0, 0.1) is 0 Å². The predicted molar refractivity (Wildman–Crippen MR) is 77.4 cm³/mol. The van der Waals surface area contributed by atoms with Gasteiger partial charge in [-0.25, -0.2) is 4.98 Å². The number of oxazole rings is 1. The third-order valence-corrected chi connectivity index (χ3v) is 3.83. The van der Waals surface area contributed by atoms with Crippen LogP contribution >= 0.6 is 11.3 Å². The molecule has 0 amide bonds. The van der Waals surface area contributed by atoms with Crippen molar-refractivity contribution in [1.29, 1.82) is 0 Å². The number of hydrogen-bond acceptors (Lipinski definition) is 6. The van der Waals surface area contributed by atoms with E-state index in [1.807, 2.05) is 17.5 Å². The molecule has 0 saturated heterocycles. The summed E-state index contributed by atoms with van der Waals surface area (Å²) in [4.78, 5) is 18.8. The molecular weight excluding hydrogens is 276 g/mol. The van der Waals surface area contributed by atoms with E-state index in [4.69, 9.17) is 4.42 Å². The number of ether oxygens (including phenoxy) is 1. The van der Waals surface area contributed by atoms with Crippen molar-refractivity contribution in [2.45, 2.75) is 19.9 Å². The standard InChI is InChI=1S/C14H18N2O3S/c1-3-16(7-6-13(17)18-2)9-11-10-19-14(15-11)12-5-4-8-20-12/h4-5,8,10H,3,6-7,9H2,1-2H3. The van der Waals surface area contributed by atoms with Crippen LogP contribution in [-0.4, -0.2) is 36.1 Å². The van der Waals surface area contributed by atoms with E-state index in [1.54, 1.807) is 17.6 Å². The van der Waals surface area contributed by atoms with Crippen molar-refractivity contribution in [2.24, 2.45) is 0 Å². The highest BCUT2D eigenvalue weighted by atomic mass is 32.1. The molecule has 0 atom stereocenters. The smallest absolute Gasteiger partial charge is 0.306 e. The number of hydrogen-bond donors (Lipinski definition) is 0. The topological polar surface area (TPSA) is 55.6 Å². The summed E-state index contributed by atoms with van der Waals surface area (Å²) in [6.07, 6.45) is 2.07. The molecule has 0 aliphatic rings. The first-order valence-electron chi connectivity index (χ1n) is 6.50. The van der Waals surface area contributed by atoms with E-state index in [-0.39, 0.29) is 5.97 Å². The Bertz CT molecular complexity index is 536. The lowest BCUT2D eigenvalue weighted by Crippen LogP contribution is -2.26. The van der Waals surface area contributed by atoms with E-state index < -0.39 is 0 Å². The van der Waals surface area contributed by atoms with E-state index in [0.717, 1.165) is 17.1 Å². The Morgan fingerprint density at radius 2 is 2.40 bits per heavy atom. The lowest BCUT2D eigenvalue weighted by Gasteiger charge is -2.17. The first-order valence-corrected chi connectivity index (χ1v) is 7.38. The molecule has 2 rings (SSSR count). The molecule has 0 unspecified atom stereocenters. The summed E-state index contributed by atoms with van der Waals surface area (Å²) in [6.45, 7) is 4.22. The molecule has 2 heterocycles. The zero-order valence-electron chi connectivity index (χ0n) is 11.7. The Hall–Kier alpha value is -1.66. The maximum Gasteiger partial charge on any atom is 0.306 e. The lowest BCUT2D eigenvalue weighted by molar-refractivity contribution is -0.141. The van der Waals surface area contributed by atoms with E-state index in [9.17, 15) is 4.79 Å². The van der Waals surface area contributed by atoms with Crippen molar-refractivity contribution in [3.8, 4) is 10.8 Å². The molecule has 0 aromatic carbocycles. The van der Waals surface area contributed by atoms with Gasteiger partial charge < -0.3 is 9.15 Å². The van der Waals surface area contributed by atoms with Crippen LogP contribution in [0.5, 0.6) is 0 Å². The number of thiophene rings is 1. The predicted octanol–water partition coefficient (Wildman–Crippen LogP) is 2.79. The molecule has 0 aliphatic carbocycles. The quantitative estimate of drug-likeness (QED) is 0.735. The molecule has 5 nitrogen and oxygen atoms in total. The van der Waals surface area contributed by atoms with Crippen molar-refractivity contribution in [3.05, 3.63) is 29.5 Å². The van der Waals surface area contributed by atoms with Gasteiger partial charge in [-0.05, 0) is 18.0 Å². The molecule has 0 aliphatic heterocycles. The molecule has 2 aromatic rings. The number of rotatable bonds is 7. The molecule has 0 fully saturated rings. The molecule has 0 saturated carbocycles. The molecule has 0 N–H and O–H groups in total. The van der Waals surface area contributed by atoms with Gasteiger partial charge in [0, 0.05) is 13.1 Å². The van der Waals surface area contributed by atoms with Crippen molar-refractivity contribution < 1.29 is 13.9 Å². The number of methoxy groups -OCH3 is 1. The zero-order chi connectivity index (χ0) is 14.4. The van der Waals surface area contributed by atoms with Crippen LogP contribution in [0.15, 0.2) is 28.2 Å². The highest BCUT2D eigenvalue weighted by Gasteiger charge is 2.12. The number of carbonyl (C=O) groups excluding carboxylic acids is 1. The minimum absolute atomic E-state index is 0.192. The normalized spacial score (nSPS) is 10.9. The Kier molecular flexibility index (Phi) is 5.31. The monoisotopic (exact) mass is 294 g/mol. The van der Waals surface area contributed by atoms with Crippen LogP contribution in [0.4, 0.5) is 0 Å². The van der Waals surface area contributed by atoms with Gasteiger partial charge in [-0.2, -0.15) is 0 Å². The summed E-state index contributed by atoms with van der Waals surface area (Å²) in [5, 5.41) is 1.99. The second-order valence-electron chi connectivity index (χ2n) is 4.32. The van der Waals surface area contributed by atoms with Gasteiger partial charge in [-0.1, -0.05) is 13.0 Å². The van der Waals surface area contributed by atoms with Crippen LogP contribution in [-0.2, 0) is 16.1 Å². The van der Waals surface area contributed by atoms with Gasteiger partial charge in [0.15, 0.2) is 0 Å². The van der Waals surface area contributed by atoms with Crippen molar-refractivity contribution in [3.63, 3.8) is 0 Å². The molecular formula is C14H18N2O3S. The second-order valence-corrected chi connectivity index (χ2v) is 5.26. The summed E-state index contributed by atoms with van der Waals surface area (Å²) in [5.74, 6) is 0.460. The van der Waals surface area contributed by atoms with Gasteiger partial charge >= 0.3 is 5.97 Å². The molecule has 0 bridgehead atoms. The first-order chi connectivity index (χ1) is 9.72. The minimum atomic E-state index is -0.192. The van der Waals surface area contributed by atoms with E-state index >= 15 is 0 Å². The van der Waals surface area contributed by atoms with E-state index in [0.29, 0.717) is 25.4 Å². The Labute approximate surface area is 122 Å². The molecule has 20 heavy (non-hydrogen) atoms. The van der Waals surface area contributed by atoms with Crippen LogP contribution in [0.2, 0.25) is 0 Å². The van der Waals surface area contributed by atoms with Gasteiger partial charge in [-0.15, -0.1) is 11.3 Å². The average Bonchev–Trinajstić information content (AvgIpc) is 3.13. The van der Waals surface area contributed by atoms with Gasteiger partial charge in [0.05, 0.1) is 24.1 Å². The van der Waals surface area contributed by atoms with Crippen molar-refractivity contribution >= 4 is 17.3 Å². The summed E-state index contributed by atoms with van der Waals surface area (Å²) in [5.41, 5.74) is 0.875. The maximum atomic E-state index is 11.2. The van der Waals surface area contributed by atoms with Crippen LogP contribution in [0.1, 0.15) is 19.0 Å². The minimum Gasteiger partial charge on any atom is -0.469 e. The Morgan fingerprint density at radius 1 is 1.55 bits per heavy atom. The number of nitrogens with zero attached hydrogens (tertiary/aromatic N) is 2.